The van der Waals surface area contributed by atoms with Crippen LogP contribution in [0.2, 0.25) is 0 Å². The predicted octanol–water partition coefficient (Wildman–Crippen LogP) is 15.8. The lowest BCUT2D eigenvalue weighted by atomic mass is 10.0. The van der Waals surface area contributed by atoms with E-state index in [0.29, 0.717) is 17.4 Å². The van der Waals surface area contributed by atoms with Gasteiger partial charge in [0, 0.05) is 12.8 Å². The zero-order valence-corrected chi connectivity index (χ0v) is 43.9. The summed E-state index contributed by atoms with van der Waals surface area (Å²) < 4.78 is 33.9. The van der Waals surface area contributed by atoms with Gasteiger partial charge in [-0.15, -0.1) is 0 Å². The van der Waals surface area contributed by atoms with Crippen molar-refractivity contribution in [2.24, 2.45) is 0 Å². The SMILES string of the molecule is CCCCCCCCCC/C=C\CCCCCCCCCCCCCCCCCCCCCCCC(=O)OC(COC(=O)CCCCCCCCC)COP(=O)([O-])OCC[N+](C)(C)C. The molecule has 0 fully saturated rings. The molecule has 64 heavy (non-hydrogen) atoms. The number of ether oxygens (including phenoxy) is 2. The number of carbonyl (C=O) groups excluding carboxylic acids is 2. The minimum Gasteiger partial charge on any atom is -0.756 e. The van der Waals surface area contributed by atoms with E-state index in [1.54, 1.807) is 0 Å². The Bertz CT molecular complexity index is 1100. The Balaban J connectivity index is 3.85. The Morgan fingerprint density at radius 3 is 1.16 bits per heavy atom. The second kappa shape index (κ2) is 46.8. The molecule has 0 rings (SSSR count). The summed E-state index contributed by atoms with van der Waals surface area (Å²) in [6.45, 7) is 4.22. The van der Waals surface area contributed by atoms with Crippen LogP contribution in [0.5, 0.6) is 0 Å². The van der Waals surface area contributed by atoms with Crippen LogP contribution in [0.25, 0.3) is 0 Å². The molecule has 0 saturated heterocycles. The summed E-state index contributed by atoms with van der Waals surface area (Å²) in [5.74, 6) is -0.827. The van der Waals surface area contributed by atoms with Crippen molar-refractivity contribution >= 4 is 19.8 Å². The van der Waals surface area contributed by atoms with Gasteiger partial charge in [-0.1, -0.05) is 231 Å². The van der Waals surface area contributed by atoms with Crippen LogP contribution in [-0.4, -0.2) is 70.0 Å². The van der Waals surface area contributed by atoms with Gasteiger partial charge in [-0.25, -0.2) is 0 Å². The maximum Gasteiger partial charge on any atom is 0.306 e. The van der Waals surface area contributed by atoms with Crippen LogP contribution in [0, 0.1) is 0 Å². The van der Waals surface area contributed by atoms with Crippen LogP contribution in [0.15, 0.2) is 12.2 Å². The Morgan fingerprint density at radius 2 is 0.797 bits per heavy atom. The lowest BCUT2D eigenvalue weighted by Crippen LogP contribution is -2.37. The molecule has 0 aromatic carbocycles. The highest BCUT2D eigenvalue weighted by Gasteiger charge is 2.21. The van der Waals surface area contributed by atoms with Crippen molar-refractivity contribution in [2.45, 2.75) is 277 Å². The number of hydrogen-bond acceptors (Lipinski definition) is 8. The summed E-state index contributed by atoms with van der Waals surface area (Å²) in [6, 6.07) is 0. The van der Waals surface area contributed by atoms with Gasteiger partial charge in [-0.3, -0.25) is 14.2 Å². The molecular formula is C54H106NO8P. The van der Waals surface area contributed by atoms with E-state index in [2.05, 4.69) is 26.0 Å². The molecule has 0 saturated carbocycles. The molecule has 0 amide bonds. The summed E-state index contributed by atoms with van der Waals surface area (Å²) >= 11 is 0. The molecule has 0 heterocycles. The van der Waals surface area contributed by atoms with Gasteiger partial charge in [0.1, 0.15) is 19.8 Å². The summed E-state index contributed by atoms with van der Waals surface area (Å²) in [5, 5.41) is 0. The van der Waals surface area contributed by atoms with Gasteiger partial charge in [-0.05, 0) is 38.5 Å². The van der Waals surface area contributed by atoms with Crippen LogP contribution in [0.4, 0.5) is 0 Å². The molecule has 0 aliphatic carbocycles. The number of unbranched alkanes of at least 4 members (excludes halogenated alkanes) is 35. The van der Waals surface area contributed by atoms with E-state index in [0.717, 1.165) is 32.1 Å². The van der Waals surface area contributed by atoms with E-state index in [-0.39, 0.29) is 32.0 Å². The smallest absolute Gasteiger partial charge is 0.306 e. The number of nitrogens with zero attached hydrogens (tertiary/aromatic N) is 1. The highest BCUT2D eigenvalue weighted by Crippen LogP contribution is 2.38. The number of phosphoric acid groups is 1. The Morgan fingerprint density at radius 1 is 0.469 bits per heavy atom. The van der Waals surface area contributed by atoms with Crippen LogP contribution < -0.4 is 4.89 Å². The quantitative estimate of drug-likeness (QED) is 0.0195. The molecule has 0 aromatic heterocycles. The lowest BCUT2D eigenvalue weighted by molar-refractivity contribution is -0.870. The van der Waals surface area contributed by atoms with Crippen molar-refractivity contribution in [1.29, 1.82) is 0 Å². The first-order valence-electron chi connectivity index (χ1n) is 27.4. The maximum atomic E-state index is 12.7. The molecule has 2 unspecified atom stereocenters. The summed E-state index contributed by atoms with van der Waals surface area (Å²) in [5.41, 5.74) is 0. The first-order valence-corrected chi connectivity index (χ1v) is 28.9. The molecule has 0 spiro atoms. The molecule has 0 aromatic rings. The molecule has 0 radical (unpaired) electrons. The van der Waals surface area contributed by atoms with E-state index >= 15 is 0 Å². The minimum atomic E-state index is -4.62. The molecule has 380 valence electrons. The molecular weight excluding hydrogens is 822 g/mol. The molecule has 10 heteroatoms. The summed E-state index contributed by atoms with van der Waals surface area (Å²) in [6.07, 6.45) is 53.1. The van der Waals surface area contributed by atoms with Crippen molar-refractivity contribution in [2.75, 3.05) is 47.5 Å². The highest BCUT2D eigenvalue weighted by molar-refractivity contribution is 7.45. The fourth-order valence-corrected chi connectivity index (χ4v) is 8.73. The standard InChI is InChI=1S/C54H106NO8P/c1-6-8-10-12-14-15-16-17-18-19-20-21-22-23-24-25-26-27-28-29-30-31-32-33-34-35-36-37-38-39-41-43-45-47-54(57)63-52(51-62-64(58,59)61-49-48-55(3,4)5)50-60-53(56)46-44-42-40-13-11-9-7-2/h19-20,52H,6-18,21-51H2,1-5H3/b20-19-. The van der Waals surface area contributed by atoms with Crippen molar-refractivity contribution < 1.29 is 42.1 Å². The summed E-state index contributed by atoms with van der Waals surface area (Å²) in [4.78, 5) is 37.4. The largest absolute Gasteiger partial charge is 0.756 e. The van der Waals surface area contributed by atoms with Gasteiger partial charge < -0.3 is 27.9 Å². The normalized spacial score (nSPS) is 13.4. The number of likely N-dealkylation sites (N-methyl/N-ethyl adjacent to an activating group) is 1. The van der Waals surface area contributed by atoms with Crippen LogP contribution >= 0.6 is 7.82 Å². The summed E-state index contributed by atoms with van der Waals surface area (Å²) in [7, 11) is 1.18. The zero-order valence-electron chi connectivity index (χ0n) is 43.0. The number of carbonyl (C=O) groups is 2. The van der Waals surface area contributed by atoms with Gasteiger partial charge in [0.25, 0.3) is 7.82 Å². The Labute approximate surface area is 396 Å². The van der Waals surface area contributed by atoms with Gasteiger partial charge in [-0.2, -0.15) is 0 Å². The second-order valence-corrected chi connectivity index (χ2v) is 21.4. The number of quaternary nitrogens is 1. The average molecular weight is 928 g/mol. The highest BCUT2D eigenvalue weighted by atomic mass is 31.2. The van der Waals surface area contributed by atoms with E-state index in [9.17, 15) is 19.0 Å². The van der Waals surface area contributed by atoms with Crippen LogP contribution in [-0.2, 0) is 32.7 Å². The van der Waals surface area contributed by atoms with Crippen molar-refractivity contribution in [1.82, 2.24) is 0 Å². The number of allylic oxidation sites excluding steroid dienone is 2. The Hall–Kier alpha value is -1.25. The van der Waals surface area contributed by atoms with Gasteiger partial charge in [0.2, 0.25) is 0 Å². The maximum absolute atomic E-state index is 12.7. The van der Waals surface area contributed by atoms with Gasteiger partial charge in [0.15, 0.2) is 6.10 Å². The van der Waals surface area contributed by atoms with Crippen molar-refractivity contribution in [3.63, 3.8) is 0 Å². The van der Waals surface area contributed by atoms with E-state index in [4.69, 9.17) is 18.5 Å². The van der Waals surface area contributed by atoms with E-state index in [1.165, 1.54) is 205 Å². The third-order valence-corrected chi connectivity index (χ3v) is 13.2. The fourth-order valence-electron chi connectivity index (χ4n) is 8.01. The first-order chi connectivity index (χ1) is 31.0. The first kappa shape index (κ1) is 62.8. The fraction of sp³-hybridized carbons (Fsp3) is 0.926. The minimum absolute atomic E-state index is 0.0269. The molecule has 0 aliphatic rings. The molecule has 9 nitrogen and oxygen atoms in total. The van der Waals surface area contributed by atoms with Crippen LogP contribution in [0.1, 0.15) is 271 Å². The monoisotopic (exact) mass is 928 g/mol. The number of phosphoric ester groups is 1. The number of rotatable bonds is 51. The molecule has 0 aliphatic heterocycles. The second-order valence-electron chi connectivity index (χ2n) is 20.0. The van der Waals surface area contributed by atoms with Crippen LogP contribution in [0.3, 0.4) is 0 Å². The molecule has 0 bridgehead atoms. The third kappa shape index (κ3) is 50.2. The van der Waals surface area contributed by atoms with E-state index in [1.807, 2.05) is 21.1 Å². The molecule has 2 atom stereocenters. The van der Waals surface area contributed by atoms with Crippen molar-refractivity contribution in [3.05, 3.63) is 12.2 Å². The third-order valence-electron chi connectivity index (χ3n) is 12.3. The molecule has 0 N–H and O–H groups in total. The predicted molar refractivity (Wildman–Crippen MR) is 268 cm³/mol. The average Bonchev–Trinajstić information content (AvgIpc) is 3.25. The van der Waals surface area contributed by atoms with Gasteiger partial charge in [0.05, 0.1) is 27.7 Å². The number of esters is 2. The lowest BCUT2D eigenvalue weighted by Gasteiger charge is -2.28. The number of hydrogen-bond donors (Lipinski definition) is 0. The van der Waals surface area contributed by atoms with Gasteiger partial charge >= 0.3 is 11.9 Å². The van der Waals surface area contributed by atoms with Crippen molar-refractivity contribution in [3.8, 4) is 0 Å². The van der Waals surface area contributed by atoms with E-state index < -0.39 is 26.5 Å². The Kier molecular flexibility index (Phi) is 45.9. The zero-order chi connectivity index (χ0) is 47.1. The topological polar surface area (TPSA) is 111 Å².